The van der Waals surface area contributed by atoms with Crippen molar-refractivity contribution in [2.24, 2.45) is 5.73 Å². The van der Waals surface area contributed by atoms with Crippen molar-refractivity contribution in [3.8, 4) is 5.75 Å². The molecule has 1 rings (SSSR count). The van der Waals surface area contributed by atoms with Gasteiger partial charge in [-0.3, -0.25) is 4.79 Å². The summed E-state index contributed by atoms with van der Waals surface area (Å²) in [4.78, 5) is 11.1. The number of carboxylic acid groups (broad SMARTS) is 1. The smallest absolute Gasteiger partial charge is 0.312 e. The molecule has 0 aromatic heterocycles. The molecule has 0 aliphatic rings. The van der Waals surface area contributed by atoms with Crippen LogP contribution in [0.1, 0.15) is 17.0 Å². The van der Waals surface area contributed by atoms with Gasteiger partial charge in [-0.1, -0.05) is 15.9 Å². The number of hydrogen-bond acceptors (Lipinski definition) is 3. The van der Waals surface area contributed by atoms with Crippen LogP contribution in [0.3, 0.4) is 0 Å². The van der Waals surface area contributed by atoms with Crippen molar-refractivity contribution in [3.63, 3.8) is 0 Å². The van der Waals surface area contributed by atoms with E-state index in [2.05, 4.69) is 15.9 Å². The monoisotopic (exact) mass is 287 g/mol. The van der Waals surface area contributed by atoms with Crippen LogP contribution in [0.5, 0.6) is 5.75 Å². The molecule has 0 bridgehead atoms. The third-order valence-corrected chi connectivity index (χ3v) is 2.84. The number of halogens is 1. The van der Waals surface area contributed by atoms with Crippen LogP contribution in [0, 0.1) is 6.92 Å². The van der Waals surface area contributed by atoms with Crippen molar-refractivity contribution in [1.29, 1.82) is 0 Å². The Morgan fingerprint density at radius 1 is 1.62 bits per heavy atom. The Kier molecular flexibility index (Phi) is 4.32. The second-order valence-electron chi connectivity index (χ2n) is 3.47. The summed E-state index contributed by atoms with van der Waals surface area (Å²) >= 11 is 3.33. The minimum Gasteiger partial charge on any atom is -0.496 e. The molecular formula is C11H14BrNO3. The van der Waals surface area contributed by atoms with Gasteiger partial charge in [0.05, 0.1) is 13.0 Å². The average molecular weight is 288 g/mol. The van der Waals surface area contributed by atoms with Crippen LogP contribution < -0.4 is 10.5 Å². The quantitative estimate of drug-likeness (QED) is 0.887. The Bertz CT molecular complexity index is 406. The zero-order valence-electron chi connectivity index (χ0n) is 9.16. The van der Waals surface area contributed by atoms with Gasteiger partial charge in [0, 0.05) is 16.6 Å². The molecule has 1 unspecified atom stereocenters. The molecule has 0 saturated carbocycles. The van der Waals surface area contributed by atoms with Crippen molar-refractivity contribution in [2.75, 3.05) is 13.7 Å². The van der Waals surface area contributed by atoms with E-state index in [1.807, 2.05) is 13.0 Å². The summed E-state index contributed by atoms with van der Waals surface area (Å²) < 4.78 is 6.04. The van der Waals surface area contributed by atoms with E-state index in [-0.39, 0.29) is 6.54 Å². The lowest BCUT2D eigenvalue weighted by molar-refractivity contribution is -0.138. The van der Waals surface area contributed by atoms with Gasteiger partial charge in [0.1, 0.15) is 5.75 Å². The molecule has 3 N–H and O–H groups in total. The molecule has 0 aliphatic heterocycles. The third-order valence-electron chi connectivity index (χ3n) is 2.38. The Hall–Kier alpha value is -1.07. The molecule has 16 heavy (non-hydrogen) atoms. The normalized spacial score (nSPS) is 12.2. The lowest BCUT2D eigenvalue weighted by Crippen LogP contribution is -2.22. The highest BCUT2D eigenvalue weighted by molar-refractivity contribution is 9.10. The number of benzene rings is 1. The van der Waals surface area contributed by atoms with Gasteiger partial charge in [0.25, 0.3) is 0 Å². The predicted octanol–water partition coefficient (Wildman–Crippen LogP) is 1.89. The first-order valence-corrected chi connectivity index (χ1v) is 5.57. The number of hydrogen-bond donors (Lipinski definition) is 2. The van der Waals surface area contributed by atoms with E-state index in [4.69, 9.17) is 15.6 Å². The van der Waals surface area contributed by atoms with Gasteiger partial charge in [-0.15, -0.1) is 0 Å². The fraction of sp³-hybridized carbons (Fsp3) is 0.364. The molecule has 88 valence electrons. The molecule has 0 heterocycles. The minimum atomic E-state index is -0.946. The number of rotatable bonds is 4. The molecule has 0 saturated heterocycles. The zero-order valence-corrected chi connectivity index (χ0v) is 10.7. The van der Waals surface area contributed by atoms with Crippen LogP contribution in [0.4, 0.5) is 0 Å². The number of ether oxygens (including phenoxy) is 1. The van der Waals surface area contributed by atoms with Gasteiger partial charge in [-0.2, -0.15) is 0 Å². The van der Waals surface area contributed by atoms with Crippen LogP contribution in [-0.4, -0.2) is 24.7 Å². The number of carboxylic acids is 1. The van der Waals surface area contributed by atoms with Gasteiger partial charge >= 0.3 is 5.97 Å². The average Bonchev–Trinajstić information content (AvgIpc) is 2.17. The fourth-order valence-corrected chi connectivity index (χ4v) is 2.24. The molecule has 0 radical (unpaired) electrons. The van der Waals surface area contributed by atoms with Crippen LogP contribution in [0.25, 0.3) is 0 Å². The van der Waals surface area contributed by atoms with E-state index in [0.29, 0.717) is 11.3 Å². The summed E-state index contributed by atoms with van der Waals surface area (Å²) in [7, 11) is 1.52. The van der Waals surface area contributed by atoms with E-state index in [1.54, 1.807) is 6.07 Å². The van der Waals surface area contributed by atoms with Crippen molar-refractivity contribution in [1.82, 2.24) is 0 Å². The van der Waals surface area contributed by atoms with Crippen molar-refractivity contribution < 1.29 is 14.6 Å². The van der Waals surface area contributed by atoms with Gasteiger partial charge in [-0.25, -0.2) is 0 Å². The highest BCUT2D eigenvalue weighted by Crippen LogP contribution is 2.33. The lowest BCUT2D eigenvalue weighted by atomic mass is 9.96. The second-order valence-corrected chi connectivity index (χ2v) is 4.39. The van der Waals surface area contributed by atoms with E-state index >= 15 is 0 Å². The molecule has 0 fully saturated rings. The van der Waals surface area contributed by atoms with Crippen LogP contribution in [0.2, 0.25) is 0 Å². The third kappa shape index (κ3) is 2.54. The van der Waals surface area contributed by atoms with Crippen molar-refractivity contribution >= 4 is 21.9 Å². The molecule has 4 nitrogen and oxygen atoms in total. The van der Waals surface area contributed by atoms with E-state index in [1.165, 1.54) is 7.11 Å². The zero-order chi connectivity index (χ0) is 12.3. The summed E-state index contributed by atoms with van der Waals surface area (Å²) in [5.41, 5.74) is 6.96. The van der Waals surface area contributed by atoms with Crippen LogP contribution in [-0.2, 0) is 4.79 Å². The largest absolute Gasteiger partial charge is 0.496 e. The predicted molar refractivity (Wildman–Crippen MR) is 64.9 cm³/mol. The fourth-order valence-electron chi connectivity index (χ4n) is 1.65. The first-order chi connectivity index (χ1) is 7.51. The molecular weight excluding hydrogens is 274 g/mol. The van der Waals surface area contributed by atoms with Crippen molar-refractivity contribution in [2.45, 2.75) is 12.8 Å². The maximum absolute atomic E-state index is 11.1. The number of aryl methyl sites for hydroxylation is 1. The summed E-state index contributed by atoms with van der Waals surface area (Å²) in [6, 6.07) is 3.61. The van der Waals surface area contributed by atoms with E-state index in [9.17, 15) is 4.79 Å². The molecule has 0 spiro atoms. The highest BCUT2D eigenvalue weighted by atomic mass is 79.9. The maximum Gasteiger partial charge on any atom is 0.312 e. The van der Waals surface area contributed by atoms with E-state index < -0.39 is 11.9 Å². The maximum atomic E-state index is 11.1. The number of aliphatic carboxylic acids is 1. The molecule has 1 aromatic rings. The van der Waals surface area contributed by atoms with Gasteiger partial charge in [0.2, 0.25) is 0 Å². The Morgan fingerprint density at radius 2 is 2.25 bits per heavy atom. The Labute approximate surface area is 103 Å². The number of nitrogens with two attached hydrogens (primary N) is 1. The second kappa shape index (κ2) is 5.32. The molecule has 1 atom stereocenters. The van der Waals surface area contributed by atoms with Gasteiger partial charge in [-0.05, 0) is 24.6 Å². The highest BCUT2D eigenvalue weighted by Gasteiger charge is 2.23. The van der Waals surface area contributed by atoms with Gasteiger partial charge < -0.3 is 15.6 Å². The molecule has 0 aliphatic carbocycles. The van der Waals surface area contributed by atoms with Crippen molar-refractivity contribution in [3.05, 3.63) is 27.7 Å². The molecule has 1 aromatic carbocycles. The summed E-state index contributed by atoms with van der Waals surface area (Å²) in [5.74, 6) is -1.11. The number of carbonyl (C=O) groups is 1. The molecule has 5 heteroatoms. The molecule has 0 amide bonds. The summed E-state index contributed by atoms with van der Waals surface area (Å²) in [5, 5.41) is 9.08. The summed E-state index contributed by atoms with van der Waals surface area (Å²) in [6.07, 6.45) is 0. The SMILES string of the molecule is COc1c(C)cc(Br)cc1C(CN)C(=O)O. The first-order valence-electron chi connectivity index (χ1n) is 4.78. The van der Waals surface area contributed by atoms with Gasteiger partial charge in [0.15, 0.2) is 0 Å². The minimum absolute atomic E-state index is 0.0432. The standard InChI is InChI=1S/C11H14BrNO3/c1-6-3-7(12)4-8(10(6)16-2)9(5-13)11(14)15/h3-4,9H,5,13H2,1-2H3,(H,14,15). The Balaban J connectivity index is 3.34. The van der Waals surface area contributed by atoms with Crippen LogP contribution >= 0.6 is 15.9 Å². The summed E-state index contributed by atoms with van der Waals surface area (Å²) in [6.45, 7) is 1.91. The lowest BCUT2D eigenvalue weighted by Gasteiger charge is -2.16. The number of methoxy groups -OCH3 is 1. The topological polar surface area (TPSA) is 72.5 Å². The van der Waals surface area contributed by atoms with Crippen LogP contribution in [0.15, 0.2) is 16.6 Å². The first kappa shape index (κ1) is 13.0. The van der Waals surface area contributed by atoms with E-state index in [0.717, 1.165) is 10.0 Å². The Morgan fingerprint density at radius 3 is 2.69 bits per heavy atom.